The van der Waals surface area contributed by atoms with Crippen molar-refractivity contribution in [3.05, 3.63) is 83.4 Å². The van der Waals surface area contributed by atoms with Crippen LogP contribution in [0, 0.1) is 0 Å². The number of piperidine rings is 1. The molecule has 0 aromatic heterocycles. The maximum atomic E-state index is 13.1. The summed E-state index contributed by atoms with van der Waals surface area (Å²) in [7, 11) is 0. The van der Waals surface area contributed by atoms with Crippen LogP contribution in [0.1, 0.15) is 64.8 Å². The van der Waals surface area contributed by atoms with Crippen molar-refractivity contribution in [3.8, 4) is 5.75 Å². The number of nitrogens with zero attached hydrogens (tertiary/aromatic N) is 3. The van der Waals surface area contributed by atoms with E-state index in [9.17, 15) is 19.2 Å². The van der Waals surface area contributed by atoms with Gasteiger partial charge in [0.2, 0.25) is 11.8 Å². The van der Waals surface area contributed by atoms with Gasteiger partial charge < -0.3 is 15.0 Å². The van der Waals surface area contributed by atoms with Gasteiger partial charge in [-0.3, -0.25) is 24.5 Å². The zero-order valence-corrected chi connectivity index (χ0v) is 24.3. The summed E-state index contributed by atoms with van der Waals surface area (Å²) in [5.74, 6) is 0.0114. The molecule has 2 N–H and O–H groups in total. The fourth-order valence-electron chi connectivity index (χ4n) is 5.04. The molecule has 10 nitrogen and oxygen atoms in total. The van der Waals surface area contributed by atoms with E-state index in [-0.39, 0.29) is 37.1 Å². The van der Waals surface area contributed by atoms with E-state index in [1.165, 1.54) is 4.90 Å². The second-order valence-electron chi connectivity index (χ2n) is 10.4. The third kappa shape index (κ3) is 7.45. The highest BCUT2D eigenvalue weighted by molar-refractivity contribution is 6.17. The van der Waals surface area contributed by atoms with Gasteiger partial charge in [0.15, 0.2) is 0 Å². The molecule has 5 rings (SSSR count). The topological polar surface area (TPSA) is 130 Å². The molecule has 222 valence electrons. The number of halogens is 1. The number of alkyl halides is 1. The van der Waals surface area contributed by atoms with E-state index in [1.807, 2.05) is 24.3 Å². The molecular weight excluding hydrogens is 570 g/mol. The third-order valence-corrected chi connectivity index (χ3v) is 7.64. The average molecular weight is 602 g/mol. The van der Waals surface area contributed by atoms with Crippen molar-refractivity contribution < 1.29 is 23.9 Å². The van der Waals surface area contributed by atoms with Gasteiger partial charge >= 0.3 is 0 Å². The first kappa shape index (κ1) is 29.9. The number of benzene rings is 3. The Kier molecular flexibility index (Phi) is 9.78. The molecule has 0 bridgehead atoms. The van der Waals surface area contributed by atoms with Crippen LogP contribution >= 0.6 is 11.6 Å². The number of anilines is 1. The Bertz CT molecular complexity index is 1520. The van der Waals surface area contributed by atoms with Crippen molar-refractivity contribution in [2.45, 2.75) is 51.1 Å². The molecule has 4 amide bonds. The fourth-order valence-corrected chi connectivity index (χ4v) is 5.23. The van der Waals surface area contributed by atoms with Gasteiger partial charge in [0.1, 0.15) is 11.8 Å². The lowest BCUT2D eigenvalue weighted by Gasteiger charge is -2.29. The number of rotatable bonds is 12. The number of ether oxygens (including phenoxy) is 1. The van der Waals surface area contributed by atoms with Gasteiger partial charge in [0, 0.05) is 41.2 Å². The molecule has 3 aromatic carbocycles. The summed E-state index contributed by atoms with van der Waals surface area (Å²) in [4.78, 5) is 51.4. The molecular formula is C32H32ClN5O5. The van der Waals surface area contributed by atoms with E-state index in [4.69, 9.17) is 16.3 Å². The smallest absolute Gasteiger partial charge is 0.255 e. The Morgan fingerprint density at radius 1 is 0.930 bits per heavy atom. The van der Waals surface area contributed by atoms with Crippen molar-refractivity contribution in [1.29, 1.82) is 0 Å². The molecule has 1 unspecified atom stereocenters. The Labute approximate surface area is 254 Å². The second kappa shape index (κ2) is 14.1. The number of unbranched alkanes of at least 4 members (excludes halogenated alkanes) is 3. The van der Waals surface area contributed by atoms with Crippen molar-refractivity contribution in [1.82, 2.24) is 10.2 Å². The number of carbonyl (C=O) groups is 4. The minimum atomic E-state index is -0.726. The van der Waals surface area contributed by atoms with Crippen LogP contribution in [0.25, 0.3) is 0 Å². The highest BCUT2D eigenvalue weighted by atomic mass is 35.5. The number of amides is 4. The SMILES string of the molecule is O=C1CCC(N2Cc3c(NC(=O)c4ccc(N=Nc5ccc(OCCCCCCCl)cc5)cc4)cccc3C2=O)C(=O)N1. The quantitative estimate of drug-likeness (QED) is 0.109. The van der Waals surface area contributed by atoms with Gasteiger partial charge in [-0.05, 0) is 79.9 Å². The van der Waals surface area contributed by atoms with Gasteiger partial charge in [-0.2, -0.15) is 10.2 Å². The van der Waals surface area contributed by atoms with E-state index in [0.717, 1.165) is 31.4 Å². The summed E-state index contributed by atoms with van der Waals surface area (Å²) in [5.41, 5.74) is 3.22. The van der Waals surface area contributed by atoms with Gasteiger partial charge in [-0.1, -0.05) is 18.9 Å². The van der Waals surface area contributed by atoms with Crippen LogP contribution in [-0.2, 0) is 16.1 Å². The summed E-state index contributed by atoms with van der Waals surface area (Å²) in [6, 6.07) is 18.4. The number of carbonyl (C=O) groups excluding carboxylic acids is 4. The Morgan fingerprint density at radius 3 is 2.33 bits per heavy atom. The van der Waals surface area contributed by atoms with Crippen molar-refractivity contribution >= 4 is 52.3 Å². The minimum Gasteiger partial charge on any atom is -0.494 e. The zero-order valence-electron chi connectivity index (χ0n) is 23.6. The van der Waals surface area contributed by atoms with Gasteiger partial charge in [-0.15, -0.1) is 11.6 Å². The zero-order chi connectivity index (χ0) is 30.2. The summed E-state index contributed by atoms with van der Waals surface area (Å²) in [5, 5.41) is 13.7. The second-order valence-corrected chi connectivity index (χ2v) is 10.8. The van der Waals surface area contributed by atoms with E-state index in [2.05, 4.69) is 20.9 Å². The van der Waals surface area contributed by atoms with E-state index in [1.54, 1.807) is 42.5 Å². The van der Waals surface area contributed by atoms with Crippen LogP contribution in [0.3, 0.4) is 0 Å². The molecule has 1 fully saturated rings. The molecule has 43 heavy (non-hydrogen) atoms. The molecule has 0 spiro atoms. The summed E-state index contributed by atoms with van der Waals surface area (Å²) < 4.78 is 5.76. The third-order valence-electron chi connectivity index (χ3n) is 7.37. The Hall–Kier alpha value is -4.57. The monoisotopic (exact) mass is 601 g/mol. The number of nitrogens with one attached hydrogen (secondary N) is 2. The van der Waals surface area contributed by atoms with Crippen LogP contribution in [0.5, 0.6) is 5.75 Å². The molecule has 3 aromatic rings. The number of hydrogen-bond acceptors (Lipinski definition) is 7. The molecule has 0 aliphatic carbocycles. The molecule has 2 aliphatic rings. The molecule has 2 aliphatic heterocycles. The predicted molar refractivity (Wildman–Crippen MR) is 162 cm³/mol. The minimum absolute atomic E-state index is 0.165. The van der Waals surface area contributed by atoms with E-state index < -0.39 is 11.9 Å². The fraction of sp³-hybridized carbons (Fsp3) is 0.312. The number of azo groups is 1. The summed E-state index contributed by atoms with van der Waals surface area (Å²) in [6.07, 6.45) is 4.67. The predicted octanol–water partition coefficient (Wildman–Crippen LogP) is 6.29. The van der Waals surface area contributed by atoms with E-state index >= 15 is 0 Å². The largest absolute Gasteiger partial charge is 0.494 e. The van der Waals surface area contributed by atoms with Gasteiger partial charge in [0.25, 0.3) is 11.8 Å². The molecule has 1 saturated heterocycles. The van der Waals surface area contributed by atoms with Crippen LogP contribution in [0.15, 0.2) is 77.0 Å². The summed E-state index contributed by atoms with van der Waals surface area (Å²) >= 11 is 5.70. The summed E-state index contributed by atoms with van der Waals surface area (Å²) in [6.45, 7) is 0.826. The normalized spacial score (nSPS) is 16.3. The Morgan fingerprint density at radius 2 is 1.63 bits per heavy atom. The van der Waals surface area contributed by atoms with Crippen LogP contribution in [-0.4, -0.2) is 47.1 Å². The lowest BCUT2D eigenvalue weighted by atomic mass is 10.0. The first-order valence-corrected chi connectivity index (χ1v) is 14.8. The van der Waals surface area contributed by atoms with Crippen molar-refractivity contribution in [2.75, 3.05) is 17.8 Å². The van der Waals surface area contributed by atoms with Crippen LogP contribution in [0.4, 0.5) is 17.1 Å². The molecule has 2 heterocycles. The maximum Gasteiger partial charge on any atom is 0.255 e. The Balaban J connectivity index is 1.16. The number of imide groups is 1. The highest BCUT2D eigenvalue weighted by Crippen LogP contribution is 2.32. The van der Waals surface area contributed by atoms with Crippen LogP contribution < -0.4 is 15.4 Å². The lowest BCUT2D eigenvalue weighted by Crippen LogP contribution is -2.52. The lowest BCUT2D eigenvalue weighted by molar-refractivity contribution is -0.136. The van der Waals surface area contributed by atoms with E-state index in [0.29, 0.717) is 46.2 Å². The first-order valence-electron chi connectivity index (χ1n) is 14.3. The number of hydrogen-bond donors (Lipinski definition) is 2. The molecule has 1 atom stereocenters. The molecule has 11 heteroatoms. The number of fused-ring (bicyclic) bond motifs is 1. The molecule has 0 saturated carbocycles. The van der Waals surface area contributed by atoms with Gasteiger partial charge in [0.05, 0.1) is 18.0 Å². The standard InChI is InChI=1S/C32H32ClN5O5/c33-18-3-1-2-4-19-43-24-14-12-23(13-15-24)37-36-22-10-8-21(9-11-22)30(40)34-27-7-5-6-25-26(27)20-38(32(25)42)28-16-17-29(39)35-31(28)41/h5-15,28H,1-4,16-20H2,(H,34,40)(H,35,39,41). The van der Waals surface area contributed by atoms with Crippen molar-refractivity contribution in [3.63, 3.8) is 0 Å². The maximum absolute atomic E-state index is 13.1. The average Bonchev–Trinajstić information content (AvgIpc) is 3.35. The highest BCUT2D eigenvalue weighted by Gasteiger charge is 2.40. The molecule has 0 radical (unpaired) electrons. The first-order chi connectivity index (χ1) is 20.9. The van der Waals surface area contributed by atoms with Gasteiger partial charge in [-0.25, -0.2) is 0 Å². The van der Waals surface area contributed by atoms with Crippen LogP contribution in [0.2, 0.25) is 0 Å². The van der Waals surface area contributed by atoms with Crippen molar-refractivity contribution in [2.24, 2.45) is 10.2 Å².